The van der Waals surface area contributed by atoms with Gasteiger partial charge >= 0.3 is 0 Å². The van der Waals surface area contributed by atoms with Crippen LogP contribution in [0, 0.1) is 11.3 Å². The van der Waals surface area contributed by atoms with Gasteiger partial charge in [-0.15, -0.1) is 0 Å². The summed E-state index contributed by atoms with van der Waals surface area (Å²) < 4.78 is 11.6. The van der Waals surface area contributed by atoms with Crippen LogP contribution in [0.25, 0.3) is 11.6 Å². The molecule has 1 saturated heterocycles. The van der Waals surface area contributed by atoms with Crippen LogP contribution in [0.4, 0.5) is 0 Å². The van der Waals surface area contributed by atoms with Crippen molar-refractivity contribution in [2.45, 2.75) is 0 Å². The molecule has 0 atom stereocenters. The standard InChI is InChI=1S/C21H18BrClN2O3/c22-19-11-15(10-17(13-24)16-2-1-3-18(23)12-16)4-5-20(19)28-14-21(26)25-6-8-27-9-7-25/h1-5,10-12H,6-9,14H2/b17-10-. The SMILES string of the molecule is N#C/C(=C/c1ccc(OCC(=O)N2CCOCC2)c(Br)c1)c1cccc(Cl)c1. The summed E-state index contributed by atoms with van der Waals surface area (Å²) >= 11 is 9.48. The van der Waals surface area contributed by atoms with Crippen LogP contribution in [0.2, 0.25) is 5.02 Å². The van der Waals surface area contributed by atoms with E-state index < -0.39 is 0 Å². The summed E-state index contributed by atoms with van der Waals surface area (Å²) in [5.74, 6) is 0.506. The number of benzene rings is 2. The molecule has 2 aromatic rings. The Hall–Kier alpha value is -2.33. The van der Waals surface area contributed by atoms with Crippen molar-refractivity contribution in [3.8, 4) is 11.8 Å². The fraction of sp³-hybridized carbons (Fsp3) is 0.238. The van der Waals surface area contributed by atoms with E-state index in [-0.39, 0.29) is 12.5 Å². The van der Waals surface area contributed by atoms with Gasteiger partial charge in [0.15, 0.2) is 6.61 Å². The summed E-state index contributed by atoms with van der Waals surface area (Å²) in [6.45, 7) is 2.27. The number of hydrogen-bond donors (Lipinski definition) is 0. The van der Waals surface area contributed by atoms with Crippen LogP contribution in [0.5, 0.6) is 5.75 Å². The highest BCUT2D eigenvalue weighted by Crippen LogP contribution is 2.28. The van der Waals surface area contributed by atoms with Crippen LogP contribution < -0.4 is 4.74 Å². The quantitative estimate of drug-likeness (QED) is 0.489. The first kappa shape index (κ1) is 20.4. The highest BCUT2D eigenvalue weighted by atomic mass is 79.9. The zero-order valence-corrected chi connectivity index (χ0v) is 17.4. The highest BCUT2D eigenvalue weighted by Gasteiger charge is 2.17. The minimum atomic E-state index is -0.0631. The minimum Gasteiger partial charge on any atom is -0.483 e. The van der Waals surface area contributed by atoms with E-state index in [1.54, 1.807) is 35.2 Å². The first-order valence-corrected chi connectivity index (χ1v) is 9.89. The molecule has 3 rings (SSSR count). The van der Waals surface area contributed by atoms with Crippen LogP contribution in [0.15, 0.2) is 46.9 Å². The number of nitriles is 1. The number of rotatable bonds is 5. The van der Waals surface area contributed by atoms with Crippen molar-refractivity contribution in [3.05, 3.63) is 63.1 Å². The van der Waals surface area contributed by atoms with Gasteiger partial charge in [0.2, 0.25) is 0 Å². The van der Waals surface area contributed by atoms with Gasteiger partial charge < -0.3 is 14.4 Å². The lowest BCUT2D eigenvalue weighted by Gasteiger charge is -2.26. The first-order chi connectivity index (χ1) is 13.6. The van der Waals surface area contributed by atoms with Gasteiger partial charge in [-0.05, 0) is 57.4 Å². The number of allylic oxidation sites excluding steroid dienone is 1. The van der Waals surface area contributed by atoms with E-state index in [9.17, 15) is 10.1 Å². The Morgan fingerprint density at radius 3 is 2.75 bits per heavy atom. The third-order valence-electron chi connectivity index (χ3n) is 4.24. The lowest BCUT2D eigenvalue weighted by atomic mass is 10.0. The van der Waals surface area contributed by atoms with Gasteiger partial charge in [0.1, 0.15) is 5.75 Å². The van der Waals surface area contributed by atoms with Gasteiger partial charge in [0.25, 0.3) is 5.91 Å². The molecule has 1 heterocycles. The molecule has 28 heavy (non-hydrogen) atoms. The van der Waals surface area contributed by atoms with E-state index >= 15 is 0 Å². The summed E-state index contributed by atoms with van der Waals surface area (Å²) in [7, 11) is 0. The molecule has 0 spiro atoms. The molecule has 7 heteroatoms. The Bertz CT molecular complexity index is 933. The molecular weight excluding hydrogens is 444 g/mol. The normalized spacial score (nSPS) is 14.5. The molecule has 1 amide bonds. The summed E-state index contributed by atoms with van der Waals surface area (Å²) in [6.07, 6.45) is 1.78. The molecule has 0 aromatic heterocycles. The Kier molecular flexibility index (Phi) is 7.10. The largest absolute Gasteiger partial charge is 0.483 e. The van der Waals surface area contributed by atoms with Crippen LogP contribution in [0.3, 0.4) is 0 Å². The zero-order chi connectivity index (χ0) is 19.9. The van der Waals surface area contributed by atoms with Crippen LogP contribution >= 0.6 is 27.5 Å². The molecule has 0 saturated carbocycles. The summed E-state index contributed by atoms with van der Waals surface area (Å²) in [5, 5.41) is 10.1. The zero-order valence-electron chi connectivity index (χ0n) is 15.0. The number of morpholine rings is 1. The maximum atomic E-state index is 12.2. The minimum absolute atomic E-state index is 0.0280. The summed E-state index contributed by atoms with van der Waals surface area (Å²) in [5.41, 5.74) is 2.09. The van der Waals surface area contributed by atoms with Crippen LogP contribution in [-0.4, -0.2) is 43.7 Å². The molecule has 1 fully saturated rings. The van der Waals surface area contributed by atoms with Crippen molar-refractivity contribution in [3.63, 3.8) is 0 Å². The van der Waals surface area contributed by atoms with Crippen molar-refractivity contribution >= 4 is 45.1 Å². The van der Waals surface area contributed by atoms with Crippen molar-refractivity contribution in [1.29, 1.82) is 5.26 Å². The third-order valence-corrected chi connectivity index (χ3v) is 5.09. The number of halogens is 2. The summed E-state index contributed by atoms with van der Waals surface area (Å²) in [6, 6.07) is 14.8. The van der Waals surface area contributed by atoms with Gasteiger partial charge in [-0.25, -0.2) is 0 Å². The van der Waals surface area contributed by atoms with E-state index in [1.165, 1.54) is 0 Å². The predicted octanol–water partition coefficient (Wildman–Crippen LogP) is 4.40. The predicted molar refractivity (Wildman–Crippen MR) is 112 cm³/mol. The average molecular weight is 462 g/mol. The number of carbonyl (C=O) groups is 1. The van der Waals surface area contributed by atoms with Gasteiger partial charge in [-0.2, -0.15) is 5.26 Å². The van der Waals surface area contributed by atoms with Crippen molar-refractivity contribution in [2.75, 3.05) is 32.9 Å². The van der Waals surface area contributed by atoms with E-state index in [4.69, 9.17) is 21.1 Å². The second-order valence-corrected chi connectivity index (χ2v) is 7.44. The molecule has 1 aliphatic rings. The molecule has 5 nitrogen and oxygen atoms in total. The molecule has 0 unspecified atom stereocenters. The Morgan fingerprint density at radius 1 is 1.29 bits per heavy atom. The molecule has 0 N–H and O–H groups in total. The lowest BCUT2D eigenvalue weighted by molar-refractivity contribution is -0.137. The fourth-order valence-corrected chi connectivity index (χ4v) is 3.47. The van der Waals surface area contributed by atoms with E-state index in [0.29, 0.717) is 47.1 Å². The van der Waals surface area contributed by atoms with E-state index in [1.807, 2.05) is 18.2 Å². The third kappa shape index (κ3) is 5.35. The molecule has 0 radical (unpaired) electrons. The Labute approximate surface area is 177 Å². The molecule has 144 valence electrons. The van der Waals surface area contributed by atoms with Crippen molar-refractivity contribution in [1.82, 2.24) is 4.90 Å². The van der Waals surface area contributed by atoms with E-state index in [0.717, 1.165) is 11.1 Å². The second-order valence-electron chi connectivity index (χ2n) is 6.15. The molecule has 1 aliphatic heterocycles. The molecular formula is C21H18BrClN2O3. The van der Waals surface area contributed by atoms with Gasteiger partial charge in [-0.1, -0.05) is 29.8 Å². The molecule has 0 aliphatic carbocycles. The van der Waals surface area contributed by atoms with Crippen molar-refractivity contribution < 1.29 is 14.3 Å². The maximum Gasteiger partial charge on any atom is 0.260 e. The van der Waals surface area contributed by atoms with Crippen molar-refractivity contribution in [2.24, 2.45) is 0 Å². The number of ether oxygens (including phenoxy) is 2. The van der Waals surface area contributed by atoms with Gasteiger partial charge in [0, 0.05) is 18.1 Å². The second kappa shape index (κ2) is 9.74. The van der Waals surface area contributed by atoms with Gasteiger partial charge in [0.05, 0.1) is 29.3 Å². The smallest absolute Gasteiger partial charge is 0.260 e. The summed E-state index contributed by atoms with van der Waals surface area (Å²) in [4.78, 5) is 13.9. The average Bonchev–Trinajstić information content (AvgIpc) is 2.71. The number of nitrogens with zero attached hydrogens (tertiary/aromatic N) is 2. The number of hydrogen-bond acceptors (Lipinski definition) is 4. The fourth-order valence-electron chi connectivity index (χ4n) is 2.77. The topological polar surface area (TPSA) is 62.6 Å². The first-order valence-electron chi connectivity index (χ1n) is 8.72. The number of amides is 1. The maximum absolute atomic E-state index is 12.2. The van der Waals surface area contributed by atoms with Crippen LogP contribution in [0.1, 0.15) is 11.1 Å². The van der Waals surface area contributed by atoms with E-state index in [2.05, 4.69) is 22.0 Å². The highest BCUT2D eigenvalue weighted by molar-refractivity contribution is 9.10. The lowest BCUT2D eigenvalue weighted by Crippen LogP contribution is -2.43. The Morgan fingerprint density at radius 2 is 2.07 bits per heavy atom. The molecule has 2 aromatic carbocycles. The molecule has 0 bridgehead atoms. The van der Waals surface area contributed by atoms with Gasteiger partial charge in [-0.3, -0.25) is 4.79 Å². The van der Waals surface area contributed by atoms with Crippen LogP contribution in [-0.2, 0) is 9.53 Å². The number of carbonyl (C=O) groups excluding carboxylic acids is 1. The Balaban J connectivity index is 1.69. The monoisotopic (exact) mass is 460 g/mol.